The van der Waals surface area contributed by atoms with Crippen LogP contribution in [0.15, 0.2) is 24.3 Å². The molecule has 1 aromatic rings. The zero-order valence-electron chi connectivity index (χ0n) is 16.9. The minimum absolute atomic E-state index is 0.0370. The fraction of sp³-hybridized carbons (Fsp3) is 0.682. The van der Waals surface area contributed by atoms with E-state index in [2.05, 4.69) is 41.8 Å². The fourth-order valence-corrected chi connectivity index (χ4v) is 4.34. The van der Waals surface area contributed by atoms with E-state index >= 15 is 0 Å². The van der Waals surface area contributed by atoms with Gasteiger partial charge >= 0.3 is 6.03 Å². The van der Waals surface area contributed by atoms with Crippen LogP contribution in [0.25, 0.3) is 0 Å². The van der Waals surface area contributed by atoms with E-state index in [1.165, 1.54) is 37.7 Å². The molecule has 1 atom stereocenters. The highest BCUT2D eigenvalue weighted by Gasteiger charge is 2.31. The summed E-state index contributed by atoms with van der Waals surface area (Å²) in [4.78, 5) is 15.0. The summed E-state index contributed by atoms with van der Waals surface area (Å²) in [7, 11) is 1.92. The highest BCUT2D eigenvalue weighted by atomic mass is 16.5. The second kappa shape index (κ2) is 9.45. The molecule has 150 valence electrons. The molecule has 1 saturated carbocycles. The minimum Gasteiger partial charge on any atom is -0.388 e. The third-order valence-electron chi connectivity index (χ3n) is 6.04. The lowest BCUT2D eigenvalue weighted by Gasteiger charge is -2.38. The second-order valence-electron chi connectivity index (χ2n) is 8.50. The lowest BCUT2D eigenvalue weighted by Crippen LogP contribution is -2.47. The van der Waals surface area contributed by atoms with Gasteiger partial charge in [-0.1, -0.05) is 38.3 Å². The number of carbonyl (C=O) groups excluding carboxylic acids is 1. The first-order valence-corrected chi connectivity index (χ1v) is 10.5. The van der Waals surface area contributed by atoms with E-state index < -0.39 is 0 Å². The number of ether oxygens (including phenoxy) is 1. The summed E-state index contributed by atoms with van der Waals surface area (Å²) in [6.07, 6.45) is 8.62. The summed E-state index contributed by atoms with van der Waals surface area (Å²) < 4.78 is 5.66. The first kappa shape index (κ1) is 20.0. The average molecular weight is 374 g/mol. The van der Waals surface area contributed by atoms with E-state index in [9.17, 15) is 4.79 Å². The van der Waals surface area contributed by atoms with Crippen LogP contribution in [0, 0.1) is 5.41 Å². The molecule has 3 rings (SSSR count). The van der Waals surface area contributed by atoms with Crippen molar-refractivity contribution in [2.75, 3.05) is 32.1 Å². The Bertz CT molecular complexity index is 590. The van der Waals surface area contributed by atoms with Gasteiger partial charge in [-0.25, -0.2) is 4.79 Å². The van der Waals surface area contributed by atoms with Gasteiger partial charge in [-0.15, -0.1) is 0 Å². The Morgan fingerprint density at radius 3 is 2.56 bits per heavy atom. The Labute approximate surface area is 163 Å². The number of rotatable bonds is 7. The fourth-order valence-electron chi connectivity index (χ4n) is 4.34. The molecule has 1 aliphatic carbocycles. The molecular weight excluding hydrogens is 338 g/mol. The molecule has 0 spiro atoms. The number of amides is 2. The monoisotopic (exact) mass is 373 g/mol. The van der Waals surface area contributed by atoms with Gasteiger partial charge in [-0.3, -0.25) is 0 Å². The Kier molecular flexibility index (Phi) is 7.00. The Morgan fingerprint density at radius 2 is 1.93 bits per heavy atom. The number of urea groups is 1. The molecular formula is C22H35N3O2. The van der Waals surface area contributed by atoms with Crippen LogP contribution < -0.4 is 10.6 Å². The van der Waals surface area contributed by atoms with Crippen LogP contribution in [0.4, 0.5) is 10.5 Å². The summed E-state index contributed by atoms with van der Waals surface area (Å²) in [5.74, 6) is 0. The van der Waals surface area contributed by atoms with Crippen molar-refractivity contribution >= 4 is 11.7 Å². The molecule has 5 heteroatoms. The molecule has 2 N–H and O–H groups in total. The van der Waals surface area contributed by atoms with Crippen LogP contribution in [0.1, 0.15) is 57.4 Å². The smallest absolute Gasteiger partial charge is 0.317 e. The Balaban J connectivity index is 1.65. The summed E-state index contributed by atoms with van der Waals surface area (Å²) in [5.41, 5.74) is 2.48. The van der Waals surface area contributed by atoms with Crippen LogP contribution >= 0.6 is 0 Å². The molecule has 1 saturated heterocycles. The van der Waals surface area contributed by atoms with Crippen molar-refractivity contribution in [3.05, 3.63) is 29.8 Å². The van der Waals surface area contributed by atoms with Crippen molar-refractivity contribution < 1.29 is 9.53 Å². The lowest BCUT2D eigenvalue weighted by atomic mass is 9.75. The maximum atomic E-state index is 13.0. The highest BCUT2D eigenvalue weighted by molar-refractivity contribution is 5.74. The van der Waals surface area contributed by atoms with Crippen LogP contribution in [-0.2, 0) is 11.3 Å². The van der Waals surface area contributed by atoms with Gasteiger partial charge in [0, 0.05) is 39.0 Å². The van der Waals surface area contributed by atoms with E-state index in [4.69, 9.17) is 4.74 Å². The number of anilines is 1. The van der Waals surface area contributed by atoms with Crippen molar-refractivity contribution in [1.29, 1.82) is 0 Å². The van der Waals surface area contributed by atoms with Gasteiger partial charge in [0.05, 0.1) is 6.10 Å². The van der Waals surface area contributed by atoms with Crippen LogP contribution in [0.3, 0.4) is 0 Å². The number of benzene rings is 1. The van der Waals surface area contributed by atoms with E-state index in [1.54, 1.807) is 0 Å². The lowest BCUT2D eigenvalue weighted by molar-refractivity contribution is 0.102. The van der Waals surface area contributed by atoms with E-state index in [-0.39, 0.29) is 17.6 Å². The predicted molar refractivity (Wildman–Crippen MR) is 110 cm³/mol. The summed E-state index contributed by atoms with van der Waals surface area (Å²) in [6, 6.07) is 8.39. The van der Waals surface area contributed by atoms with Gasteiger partial charge in [0.1, 0.15) is 0 Å². The molecule has 0 radical (unpaired) electrons. The van der Waals surface area contributed by atoms with Gasteiger partial charge in [0.15, 0.2) is 0 Å². The SMILES string of the molecule is CNc1ccc(CN(CC2(C)CCCCC2)C(=O)NCC2CCCO2)cc1. The number of hydrogen-bond acceptors (Lipinski definition) is 3. The topological polar surface area (TPSA) is 53.6 Å². The molecule has 1 heterocycles. The van der Waals surface area contributed by atoms with Crippen molar-refractivity contribution in [1.82, 2.24) is 10.2 Å². The molecule has 27 heavy (non-hydrogen) atoms. The second-order valence-corrected chi connectivity index (χ2v) is 8.50. The number of hydrogen-bond donors (Lipinski definition) is 2. The maximum Gasteiger partial charge on any atom is 0.317 e. The first-order chi connectivity index (χ1) is 13.1. The maximum absolute atomic E-state index is 13.0. The minimum atomic E-state index is 0.0370. The van der Waals surface area contributed by atoms with Crippen LogP contribution in [-0.4, -0.2) is 43.8 Å². The average Bonchev–Trinajstić information content (AvgIpc) is 3.20. The van der Waals surface area contributed by atoms with Gasteiger partial charge in [0.2, 0.25) is 0 Å². The van der Waals surface area contributed by atoms with Crippen molar-refractivity contribution in [2.24, 2.45) is 5.41 Å². The summed E-state index contributed by atoms with van der Waals surface area (Å²) >= 11 is 0. The zero-order valence-corrected chi connectivity index (χ0v) is 16.9. The van der Waals surface area contributed by atoms with Crippen molar-refractivity contribution in [3.8, 4) is 0 Å². The first-order valence-electron chi connectivity index (χ1n) is 10.5. The van der Waals surface area contributed by atoms with Gasteiger partial charge in [-0.05, 0) is 48.8 Å². The normalized spacial score (nSPS) is 21.6. The van der Waals surface area contributed by atoms with Gasteiger partial charge in [0.25, 0.3) is 0 Å². The van der Waals surface area contributed by atoms with Gasteiger partial charge < -0.3 is 20.3 Å². The molecule has 2 aliphatic rings. The standard InChI is InChI=1S/C22H35N3O2/c1-22(12-4-3-5-13-22)17-25(16-18-8-10-19(23-2)11-9-18)21(26)24-15-20-7-6-14-27-20/h8-11,20,23H,3-7,12-17H2,1-2H3,(H,24,26). The van der Waals surface area contributed by atoms with E-state index in [0.717, 1.165) is 31.7 Å². The molecule has 0 bridgehead atoms. The molecule has 5 nitrogen and oxygen atoms in total. The Morgan fingerprint density at radius 1 is 1.19 bits per heavy atom. The van der Waals surface area contributed by atoms with Crippen molar-refractivity contribution in [2.45, 2.75) is 64.5 Å². The van der Waals surface area contributed by atoms with E-state index in [0.29, 0.717) is 13.1 Å². The molecule has 0 aromatic heterocycles. The third-order valence-corrected chi connectivity index (χ3v) is 6.04. The summed E-state index contributed by atoms with van der Waals surface area (Å²) in [5, 5.41) is 6.27. The number of nitrogens with zero attached hydrogens (tertiary/aromatic N) is 1. The molecule has 2 amide bonds. The molecule has 1 unspecified atom stereocenters. The van der Waals surface area contributed by atoms with Crippen LogP contribution in [0.2, 0.25) is 0 Å². The number of carbonyl (C=O) groups is 1. The highest BCUT2D eigenvalue weighted by Crippen LogP contribution is 2.36. The van der Waals surface area contributed by atoms with Gasteiger partial charge in [-0.2, -0.15) is 0 Å². The van der Waals surface area contributed by atoms with Crippen LogP contribution in [0.5, 0.6) is 0 Å². The Hall–Kier alpha value is -1.75. The summed E-state index contributed by atoms with van der Waals surface area (Å²) in [6.45, 7) is 5.25. The third kappa shape index (κ3) is 5.86. The quantitative estimate of drug-likeness (QED) is 0.745. The molecule has 1 aliphatic heterocycles. The molecule has 2 fully saturated rings. The number of nitrogens with one attached hydrogen (secondary N) is 2. The largest absolute Gasteiger partial charge is 0.388 e. The molecule has 1 aromatic carbocycles. The zero-order chi connectivity index (χ0) is 19.1. The van der Waals surface area contributed by atoms with Crippen molar-refractivity contribution in [3.63, 3.8) is 0 Å². The van der Waals surface area contributed by atoms with E-state index in [1.807, 2.05) is 11.9 Å². The predicted octanol–water partition coefficient (Wildman–Crippen LogP) is 4.39.